The second-order valence-corrected chi connectivity index (χ2v) is 3.35. The normalized spacial score (nSPS) is 9.56. The summed E-state index contributed by atoms with van der Waals surface area (Å²) in [6, 6.07) is 4.45. The molecule has 0 spiro atoms. The minimum atomic E-state index is -0.567. The molecule has 6 heteroatoms. The number of ether oxygens (including phenoxy) is 2. The zero-order chi connectivity index (χ0) is 13.5. The van der Waals surface area contributed by atoms with E-state index < -0.39 is 11.9 Å². The van der Waals surface area contributed by atoms with Crippen LogP contribution in [0.3, 0.4) is 0 Å². The molecule has 0 saturated heterocycles. The summed E-state index contributed by atoms with van der Waals surface area (Å²) in [5, 5.41) is 0. The van der Waals surface area contributed by atoms with Gasteiger partial charge in [0.15, 0.2) is 0 Å². The molecule has 1 aromatic carbocycles. The molecule has 18 heavy (non-hydrogen) atoms. The molecule has 0 fully saturated rings. The standard InChI is InChI=1S/C12H14N2O4/c1-2-11(15)17-5-6-18-12(16)8-3-4-9(13)10(14)7-8/h2-4,7H,1,5-6,13-14H2. The van der Waals surface area contributed by atoms with E-state index in [1.54, 1.807) is 0 Å². The Hall–Kier alpha value is -2.50. The first kappa shape index (κ1) is 13.6. The van der Waals surface area contributed by atoms with Crippen molar-refractivity contribution in [3.63, 3.8) is 0 Å². The van der Waals surface area contributed by atoms with Gasteiger partial charge in [-0.2, -0.15) is 0 Å². The zero-order valence-electron chi connectivity index (χ0n) is 9.72. The molecule has 4 N–H and O–H groups in total. The number of nitrogens with two attached hydrogens (primary N) is 2. The Bertz CT molecular complexity index is 471. The SMILES string of the molecule is C=CC(=O)OCCOC(=O)c1ccc(N)c(N)c1. The van der Waals surface area contributed by atoms with E-state index in [2.05, 4.69) is 11.3 Å². The summed E-state index contributed by atoms with van der Waals surface area (Å²) in [5.74, 6) is -1.13. The van der Waals surface area contributed by atoms with Gasteiger partial charge >= 0.3 is 11.9 Å². The van der Waals surface area contributed by atoms with Crippen LogP contribution in [0.5, 0.6) is 0 Å². The summed E-state index contributed by atoms with van der Waals surface area (Å²) >= 11 is 0. The Kier molecular flexibility index (Phi) is 4.74. The molecule has 0 bridgehead atoms. The van der Waals surface area contributed by atoms with Gasteiger partial charge in [-0.15, -0.1) is 0 Å². The van der Waals surface area contributed by atoms with E-state index in [-0.39, 0.29) is 18.8 Å². The van der Waals surface area contributed by atoms with Crippen LogP contribution in [0.25, 0.3) is 0 Å². The minimum Gasteiger partial charge on any atom is -0.459 e. The van der Waals surface area contributed by atoms with Gasteiger partial charge in [0, 0.05) is 6.08 Å². The topological polar surface area (TPSA) is 105 Å². The van der Waals surface area contributed by atoms with Crippen molar-refractivity contribution in [2.24, 2.45) is 0 Å². The van der Waals surface area contributed by atoms with E-state index in [9.17, 15) is 9.59 Å². The maximum Gasteiger partial charge on any atom is 0.338 e. The largest absolute Gasteiger partial charge is 0.459 e. The third kappa shape index (κ3) is 3.82. The maximum atomic E-state index is 11.5. The smallest absolute Gasteiger partial charge is 0.338 e. The average Bonchev–Trinajstić information content (AvgIpc) is 2.37. The minimum absolute atomic E-state index is 0.0267. The first-order valence-corrected chi connectivity index (χ1v) is 5.16. The van der Waals surface area contributed by atoms with Crippen molar-refractivity contribution >= 4 is 23.3 Å². The van der Waals surface area contributed by atoms with E-state index in [4.69, 9.17) is 16.2 Å². The van der Waals surface area contributed by atoms with Crippen LogP contribution in [-0.2, 0) is 14.3 Å². The molecule has 0 saturated carbocycles. The molecule has 0 heterocycles. The second-order valence-electron chi connectivity index (χ2n) is 3.35. The van der Waals surface area contributed by atoms with Crippen LogP contribution < -0.4 is 11.5 Å². The lowest BCUT2D eigenvalue weighted by Crippen LogP contribution is -2.13. The molecule has 96 valence electrons. The van der Waals surface area contributed by atoms with Crippen molar-refractivity contribution < 1.29 is 19.1 Å². The fourth-order valence-electron chi connectivity index (χ4n) is 1.12. The van der Waals surface area contributed by atoms with Crippen LogP contribution >= 0.6 is 0 Å². The number of nitrogen functional groups attached to an aromatic ring is 2. The van der Waals surface area contributed by atoms with Crippen molar-refractivity contribution in [2.75, 3.05) is 24.7 Å². The number of carbonyl (C=O) groups excluding carboxylic acids is 2. The Morgan fingerprint density at radius 2 is 1.83 bits per heavy atom. The Labute approximate surface area is 104 Å². The number of benzene rings is 1. The highest BCUT2D eigenvalue weighted by Crippen LogP contribution is 2.16. The van der Waals surface area contributed by atoms with Gasteiger partial charge in [0.25, 0.3) is 0 Å². The predicted molar refractivity (Wildman–Crippen MR) is 66.7 cm³/mol. The Balaban J connectivity index is 2.43. The third-order valence-electron chi connectivity index (χ3n) is 2.05. The first-order chi connectivity index (χ1) is 8.54. The monoisotopic (exact) mass is 250 g/mol. The number of carbonyl (C=O) groups is 2. The Morgan fingerprint density at radius 3 is 2.44 bits per heavy atom. The zero-order valence-corrected chi connectivity index (χ0v) is 9.72. The predicted octanol–water partition coefficient (Wildman–Crippen LogP) is 0.737. The lowest BCUT2D eigenvalue weighted by Gasteiger charge is -2.06. The number of hydrogen-bond donors (Lipinski definition) is 2. The summed E-state index contributed by atoms with van der Waals surface area (Å²) in [4.78, 5) is 22.2. The summed E-state index contributed by atoms with van der Waals surface area (Å²) < 4.78 is 9.51. The van der Waals surface area contributed by atoms with Crippen LogP contribution in [0.2, 0.25) is 0 Å². The van der Waals surface area contributed by atoms with Crippen LogP contribution in [-0.4, -0.2) is 25.2 Å². The first-order valence-electron chi connectivity index (χ1n) is 5.16. The highest BCUT2D eigenvalue weighted by Gasteiger charge is 2.08. The molecule has 1 rings (SSSR count). The van der Waals surface area contributed by atoms with Crippen LogP contribution in [0.4, 0.5) is 11.4 Å². The van der Waals surface area contributed by atoms with Crippen molar-refractivity contribution in [3.8, 4) is 0 Å². The van der Waals surface area contributed by atoms with Crippen LogP contribution in [0.15, 0.2) is 30.9 Å². The highest BCUT2D eigenvalue weighted by atomic mass is 16.6. The van der Waals surface area contributed by atoms with Crippen molar-refractivity contribution in [3.05, 3.63) is 36.4 Å². The molecule has 0 radical (unpaired) electrons. The molecule has 0 amide bonds. The van der Waals surface area contributed by atoms with E-state index in [0.717, 1.165) is 6.08 Å². The Morgan fingerprint density at radius 1 is 1.17 bits per heavy atom. The van der Waals surface area contributed by atoms with E-state index in [1.165, 1.54) is 18.2 Å². The van der Waals surface area contributed by atoms with Gasteiger partial charge in [-0.3, -0.25) is 0 Å². The van der Waals surface area contributed by atoms with Crippen LogP contribution in [0, 0.1) is 0 Å². The van der Waals surface area contributed by atoms with Crippen molar-refractivity contribution in [2.45, 2.75) is 0 Å². The van der Waals surface area contributed by atoms with E-state index in [0.29, 0.717) is 11.4 Å². The molecule has 0 atom stereocenters. The van der Waals surface area contributed by atoms with Crippen molar-refractivity contribution in [1.82, 2.24) is 0 Å². The van der Waals surface area contributed by atoms with Gasteiger partial charge in [0.05, 0.1) is 16.9 Å². The molecule has 0 unspecified atom stereocenters. The molecule has 0 aliphatic rings. The number of hydrogen-bond acceptors (Lipinski definition) is 6. The summed E-state index contributed by atoms with van der Waals surface area (Å²) in [6.07, 6.45) is 1.03. The van der Waals surface area contributed by atoms with E-state index in [1.807, 2.05) is 0 Å². The van der Waals surface area contributed by atoms with Gasteiger partial charge in [0.2, 0.25) is 0 Å². The summed E-state index contributed by atoms with van der Waals surface area (Å²) in [7, 11) is 0. The fourth-order valence-corrected chi connectivity index (χ4v) is 1.12. The highest BCUT2D eigenvalue weighted by molar-refractivity contribution is 5.91. The molecule has 0 aromatic heterocycles. The lowest BCUT2D eigenvalue weighted by molar-refractivity contribution is -0.138. The molecule has 0 aliphatic carbocycles. The number of rotatable bonds is 5. The molecular weight excluding hydrogens is 236 g/mol. The molecule has 0 aliphatic heterocycles. The van der Waals surface area contributed by atoms with Gasteiger partial charge in [-0.1, -0.05) is 6.58 Å². The average molecular weight is 250 g/mol. The van der Waals surface area contributed by atoms with Gasteiger partial charge < -0.3 is 20.9 Å². The van der Waals surface area contributed by atoms with Gasteiger partial charge in [-0.25, -0.2) is 9.59 Å². The molecule has 6 nitrogen and oxygen atoms in total. The molecular formula is C12H14N2O4. The number of esters is 2. The van der Waals surface area contributed by atoms with E-state index >= 15 is 0 Å². The summed E-state index contributed by atoms with van der Waals surface area (Å²) in [5.41, 5.74) is 12.1. The molecule has 1 aromatic rings. The van der Waals surface area contributed by atoms with Crippen molar-refractivity contribution in [1.29, 1.82) is 0 Å². The van der Waals surface area contributed by atoms with Crippen LogP contribution in [0.1, 0.15) is 10.4 Å². The second kappa shape index (κ2) is 6.29. The lowest BCUT2D eigenvalue weighted by atomic mass is 10.2. The quantitative estimate of drug-likeness (QED) is 0.345. The van der Waals surface area contributed by atoms with Gasteiger partial charge in [0.1, 0.15) is 13.2 Å². The third-order valence-corrected chi connectivity index (χ3v) is 2.05. The van der Waals surface area contributed by atoms with Gasteiger partial charge in [-0.05, 0) is 18.2 Å². The maximum absolute atomic E-state index is 11.5. The number of anilines is 2. The fraction of sp³-hybridized carbons (Fsp3) is 0.167. The summed E-state index contributed by atoms with van der Waals surface area (Å²) in [6.45, 7) is 3.17.